The number of aliphatic hydroxyl groups is 2. The van der Waals surface area contributed by atoms with Crippen LogP contribution in [0, 0.1) is 29.6 Å². The molecule has 2 aliphatic heterocycles. The number of aliphatic hydroxyl groups excluding tert-OH is 1. The van der Waals surface area contributed by atoms with E-state index >= 15 is 0 Å². The van der Waals surface area contributed by atoms with Crippen molar-refractivity contribution < 1.29 is 43.5 Å². The molecule has 13 atom stereocenters. The summed E-state index contributed by atoms with van der Waals surface area (Å²) in [6.45, 7) is 20.2. The summed E-state index contributed by atoms with van der Waals surface area (Å²) in [5, 5.41) is 32.7. The molecule has 0 aromatic heterocycles. The van der Waals surface area contributed by atoms with E-state index in [9.17, 15) is 19.8 Å². The Morgan fingerprint density at radius 1 is 1.08 bits per heavy atom. The maximum absolute atomic E-state index is 14.2. The number of nitrogens with zero attached hydrogens (tertiary/aromatic N) is 3. The first kappa shape index (κ1) is 43.4. The van der Waals surface area contributed by atoms with E-state index in [1.165, 1.54) is 13.8 Å². The lowest BCUT2D eigenvalue weighted by Crippen LogP contribution is -2.60. The van der Waals surface area contributed by atoms with Crippen LogP contribution in [0.1, 0.15) is 102 Å². The largest absolute Gasteiger partial charge is 0.459 e. The first-order valence-corrected chi connectivity index (χ1v) is 18.0. The normalized spacial score (nSPS) is 41.7. The Balaban J connectivity index is 2.81. The maximum Gasteiger partial charge on any atom is 0.316 e. The minimum absolute atomic E-state index is 0.0170. The molecule has 0 amide bonds. The Labute approximate surface area is 295 Å². The quantitative estimate of drug-likeness (QED) is 0.151. The van der Waals surface area contributed by atoms with Crippen molar-refractivity contribution in [1.29, 1.82) is 0 Å². The number of carbonyl (C=O) groups excluding carboxylic acids is 2. The maximum atomic E-state index is 14.2. The molecule has 0 saturated carbocycles. The van der Waals surface area contributed by atoms with Crippen molar-refractivity contribution >= 4 is 23.2 Å². The van der Waals surface area contributed by atoms with E-state index in [0.29, 0.717) is 18.1 Å². The van der Waals surface area contributed by atoms with Gasteiger partial charge < -0.3 is 38.8 Å². The molecule has 2 fully saturated rings. The highest BCUT2D eigenvalue weighted by molar-refractivity contribution is 6.00. The molecule has 12 heteroatoms. The fraction of sp³-hybridized carbons (Fsp3) is 0.892. The van der Waals surface area contributed by atoms with Crippen molar-refractivity contribution in [3.05, 3.63) is 0 Å². The van der Waals surface area contributed by atoms with Gasteiger partial charge in [-0.05, 0) is 86.2 Å². The Morgan fingerprint density at radius 2 is 1.69 bits per heavy atom. The molecule has 0 radical (unpaired) electrons. The number of rotatable bonds is 9. The number of carbonyl (C=O) groups is 2. The second kappa shape index (κ2) is 18.1. The molecule has 2 heterocycles. The summed E-state index contributed by atoms with van der Waals surface area (Å²) in [5.74, 6) is -3.93. The predicted octanol–water partition coefficient (Wildman–Crippen LogP) is 4.67. The fourth-order valence-corrected chi connectivity index (χ4v) is 7.65. The molecule has 49 heavy (non-hydrogen) atoms. The van der Waals surface area contributed by atoms with Gasteiger partial charge in [-0.25, -0.2) is 0 Å². The van der Waals surface area contributed by atoms with Crippen LogP contribution in [-0.4, -0.2) is 121 Å². The smallest absolute Gasteiger partial charge is 0.316 e. The van der Waals surface area contributed by atoms with Gasteiger partial charge in [0.05, 0.1) is 23.9 Å². The van der Waals surface area contributed by atoms with Crippen LogP contribution in [0.3, 0.4) is 0 Å². The molecule has 12 nitrogen and oxygen atoms in total. The lowest BCUT2D eigenvalue weighted by molar-refractivity contribution is -0.299. The highest BCUT2D eigenvalue weighted by atomic mass is 16.7. The van der Waals surface area contributed by atoms with Crippen LogP contribution < -0.4 is 0 Å². The fourth-order valence-electron chi connectivity index (χ4n) is 7.65. The number of methoxy groups -OCH3 is 2. The predicted molar refractivity (Wildman–Crippen MR) is 191 cm³/mol. The van der Waals surface area contributed by atoms with Gasteiger partial charge in [0.1, 0.15) is 23.7 Å². The van der Waals surface area contributed by atoms with Gasteiger partial charge in [0.2, 0.25) is 0 Å². The Kier molecular flexibility index (Phi) is 16.0. The average molecular weight is 698 g/mol. The van der Waals surface area contributed by atoms with E-state index < -0.39 is 71.4 Å². The van der Waals surface area contributed by atoms with Crippen molar-refractivity contribution in [3.8, 4) is 0 Å². The van der Waals surface area contributed by atoms with E-state index in [1.54, 1.807) is 35.0 Å². The van der Waals surface area contributed by atoms with E-state index in [-0.39, 0.29) is 24.5 Å². The van der Waals surface area contributed by atoms with Gasteiger partial charge in [-0.15, -0.1) is 0 Å². The molecule has 2 rings (SSSR count). The van der Waals surface area contributed by atoms with Gasteiger partial charge >= 0.3 is 5.97 Å². The minimum Gasteiger partial charge on any atom is -0.459 e. The van der Waals surface area contributed by atoms with Crippen LogP contribution in [0.2, 0.25) is 0 Å². The number of hydrogen-bond donors (Lipinski definition) is 2. The SMILES string of the molecule is CCC1OC(=O)C(C)C(=O)C(C)C(OC2OC(C)CC(N(C)C)C2OC)C(C)(OC)CC(C)C(=NN=C(C)CC(C)C)C(C)C(O)C1(C)O. The molecule has 0 aromatic carbocycles. The van der Waals surface area contributed by atoms with Crippen molar-refractivity contribution in [2.24, 2.45) is 39.8 Å². The number of hydrogen-bond acceptors (Lipinski definition) is 12. The first-order valence-electron chi connectivity index (χ1n) is 18.0. The zero-order valence-electron chi connectivity index (χ0n) is 32.9. The summed E-state index contributed by atoms with van der Waals surface area (Å²) in [6, 6.07) is -0.0170. The van der Waals surface area contributed by atoms with Crippen LogP contribution >= 0.6 is 0 Å². The van der Waals surface area contributed by atoms with Gasteiger partial charge in [-0.2, -0.15) is 10.2 Å². The second-order valence-corrected chi connectivity index (χ2v) is 15.6. The number of ether oxygens (including phenoxy) is 5. The Bertz CT molecular complexity index is 1160. The molecule has 0 spiro atoms. The number of esters is 1. The molecule has 2 aliphatic rings. The van der Waals surface area contributed by atoms with Crippen molar-refractivity contribution in [3.63, 3.8) is 0 Å². The lowest BCUT2D eigenvalue weighted by atomic mass is 9.74. The summed E-state index contributed by atoms with van der Waals surface area (Å²) < 4.78 is 31.2. The summed E-state index contributed by atoms with van der Waals surface area (Å²) in [7, 11) is 7.15. The highest BCUT2D eigenvalue weighted by Gasteiger charge is 2.51. The molecular formula is C37H67N3O9. The molecule has 0 aromatic rings. The number of likely N-dealkylation sites (N-methyl/N-ethyl adjacent to an activating group) is 1. The lowest BCUT2D eigenvalue weighted by Gasteiger charge is -2.48. The van der Waals surface area contributed by atoms with E-state index in [4.69, 9.17) is 28.8 Å². The van der Waals surface area contributed by atoms with E-state index in [0.717, 1.165) is 18.6 Å². The topological polar surface area (TPSA) is 149 Å². The van der Waals surface area contributed by atoms with Crippen LogP contribution in [-0.2, 0) is 33.3 Å². The van der Waals surface area contributed by atoms with Gasteiger partial charge in [0, 0.05) is 43.5 Å². The summed E-state index contributed by atoms with van der Waals surface area (Å²) in [4.78, 5) is 29.8. The number of cyclic esters (lactones) is 1. The van der Waals surface area contributed by atoms with Crippen LogP contribution in [0.5, 0.6) is 0 Å². The highest BCUT2D eigenvalue weighted by Crippen LogP contribution is 2.39. The summed E-state index contributed by atoms with van der Waals surface area (Å²) >= 11 is 0. The molecule has 0 aliphatic carbocycles. The average Bonchev–Trinajstić information content (AvgIpc) is 3.02. The summed E-state index contributed by atoms with van der Waals surface area (Å²) in [5.41, 5.74) is -1.62. The zero-order valence-corrected chi connectivity index (χ0v) is 32.9. The van der Waals surface area contributed by atoms with Crippen molar-refractivity contribution in [1.82, 2.24) is 4.90 Å². The first-order chi connectivity index (χ1) is 22.7. The van der Waals surface area contributed by atoms with E-state index in [2.05, 4.69) is 23.8 Å². The monoisotopic (exact) mass is 697 g/mol. The van der Waals surface area contributed by atoms with Crippen molar-refractivity contribution in [2.75, 3.05) is 28.3 Å². The van der Waals surface area contributed by atoms with Crippen molar-refractivity contribution in [2.45, 2.75) is 156 Å². The number of ketones is 1. The van der Waals surface area contributed by atoms with Gasteiger partial charge in [0.15, 0.2) is 12.1 Å². The molecule has 2 saturated heterocycles. The molecule has 0 bridgehead atoms. The molecular weight excluding hydrogens is 630 g/mol. The van der Waals surface area contributed by atoms with Crippen LogP contribution in [0.4, 0.5) is 0 Å². The van der Waals surface area contributed by atoms with E-state index in [1.807, 2.05) is 41.8 Å². The third-order valence-corrected chi connectivity index (χ3v) is 10.6. The van der Waals surface area contributed by atoms with Crippen LogP contribution in [0.25, 0.3) is 0 Å². The Hall–Kier alpha value is -1.80. The Morgan fingerprint density at radius 3 is 2.20 bits per heavy atom. The van der Waals surface area contributed by atoms with Gasteiger partial charge in [-0.1, -0.05) is 41.5 Å². The van der Waals surface area contributed by atoms with Gasteiger partial charge in [0.25, 0.3) is 0 Å². The third-order valence-electron chi connectivity index (χ3n) is 10.6. The van der Waals surface area contributed by atoms with Gasteiger partial charge in [-0.3, -0.25) is 9.59 Å². The third kappa shape index (κ3) is 10.4. The standard InChI is InChI=1S/C37H67N3O9/c1-16-28-37(11,44)32(42)24(7)29(39-38-22(5)17-20(2)3)21(4)19-36(10,46-15)33(25(8)30(41)26(9)34(43)48-28)49-35-31(45-14)27(40(12)13)18-23(6)47-35/h20-21,23-28,31-33,35,42,44H,16-19H2,1-15H3. The van der Waals surface area contributed by atoms with Crippen LogP contribution in [0.15, 0.2) is 10.2 Å². The molecule has 284 valence electrons. The molecule has 13 unspecified atom stereocenters. The summed E-state index contributed by atoms with van der Waals surface area (Å²) in [6.07, 6.45) is -2.86. The number of Topliss-reactive ketones (excluding diaryl/α,β-unsaturated/α-hetero) is 1. The molecule has 2 N–H and O–H groups in total. The minimum atomic E-state index is -1.86. The zero-order chi connectivity index (χ0) is 37.6. The second-order valence-electron chi connectivity index (χ2n) is 15.6.